The van der Waals surface area contributed by atoms with E-state index < -0.39 is 7.32 Å². The standard InChI is InChI=1S/C5H9BO3/c7-6(8)9-4-3-5-1-2-5/h3-5,7-8H,1-2H2/b4-3+. The Morgan fingerprint density at radius 3 is 2.56 bits per heavy atom. The quantitative estimate of drug-likeness (QED) is 0.412. The van der Waals surface area contributed by atoms with E-state index in [1.807, 2.05) is 6.08 Å². The third-order valence-corrected chi connectivity index (χ3v) is 1.17. The molecule has 0 saturated heterocycles. The van der Waals surface area contributed by atoms with Crippen LogP contribution in [-0.2, 0) is 4.65 Å². The molecule has 0 heterocycles. The molecule has 0 atom stereocenters. The molecule has 0 aliphatic heterocycles. The van der Waals surface area contributed by atoms with Gasteiger partial charge in [0.1, 0.15) is 0 Å². The van der Waals surface area contributed by atoms with E-state index in [1.165, 1.54) is 19.1 Å². The summed E-state index contributed by atoms with van der Waals surface area (Å²) in [5.41, 5.74) is 0. The Balaban J connectivity index is 2.01. The van der Waals surface area contributed by atoms with Gasteiger partial charge in [0.25, 0.3) is 0 Å². The predicted octanol–water partition coefficient (Wildman–Crippen LogP) is -0.104. The Bertz CT molecular complexity index is 109. The molecule has 0 aromatic rings. The highest BCUT2D eigenvalue weighted by Crippen LogP contribution is 2.29. The minimum atomic E-state index is -1.67. The lowest BCUT2D eigenvalue weighted by atomic mass is 10.3. The van der Waals surface area contributed by atoms with Crippen LogP contribution in [0.3, 0.4) is 0 Å². The molecule has 3 nitrogen and oxygen atoms in total. The Morgan fingerprint density at radius 2 is 2.11 bits per heavy atom. The molecule has 0 amide bonds. The summed E-state index contributed by atoms with van der Waals surface area (Å²) in [6.07, 6.45) is 5.56. The van der Waals surface area contributed by atoms with Gasteiger partial charge in [0.05, 0.1) is 6.26 Å². The monoisotopic (exact) mass is 128 g/mol. The minimum Gasteiger partial charge on any atom is -0.519 e. The van der Waals surface area contributed by atoms with Crippen LogP contribution in [0.15, 0.2) is 12.3 Å². The van der Waals surface area contributed by atoms with Crippen molar-refractivity contribution < 1.29 is 14.7 Å². The molecule has 0 aromatic carbocycles. The van der Waals surface area contributed by atoms with Crippen molar-refractivity contribution in [3.63, 3.8) is 0 Å². The summed E-state index contributed by atoms with van der Waals surface area (Å²) in [6.45, 7) is 0. The Kier molecular flexibility index (Phi) is 2.13. The van der Waals surface area contributed by atoms with Crippen LogP contribution in [0.25, 0.3) is 0 Å². The second-order valence-electron chi connectivity index (χ2n) is 2.13. The molecule has 50 valence electrons. The smallest absolute Gasteiger partial charge is 0.519 e. The molecule has 0 unspecified atom stereocenters. The van der Waals surface area contributed by atoms with Crippen molar-refractivity contribution in [2.75, 3.05) is 0 Å². The minimum absolute atomic E-state index is 0.615. The van der Waals surface area contributed by atoms with E-state index in [4.69, 9.17) is 10.0 Å². The summed E-state index contributed by atoms with van der Waals surface area (Å²) in [5, 5.41) is 16.3. The first kappa shape index (κ1) is 6.64. The summed E-state index contributed by atoms with van der Waals surface area (Å²) in [7, 11) is -1.67. The zero-order valence-electron chi connectivity index (χ0n) is 5.03. The second-order valence-corrected chi connectivity index (χ2v) is 2.13. The SMILES string of the molecule is OB(O)O/C=C/C1CC1. The lowest BCUT2D eigenvalue weighted by Gasteiger charge is -1.93. The average molecular weight is 128 g/mol. The average Bonchev–Trinajstić information content (AvgIpc) is 2.48. The fraction of sp³-hybridized carbons (Fsp3) is 0.600. The summed E-state index contributed by atoms with van der Waals surface area (Å²) >= 11 is 0. The van der Waals surface area contributed by atoms with Gasteiger partial charge >= 0.3 is 7.32 Å². The number of hydrogen-bond donors (Lipinski definition) is 2. The maximum atomic E-state index is 8.17. The van der Waals surface area contributed by atoms with Crippen LogP contribution in [-0.4, -0.2) is 17.4 Å². The van der Waals surface area contributed by atoms with E-state index in [0.717, 1.165) is 0 Å². The first-order valence-corrected chi connectivity index (χ1v) is 2.97. The van der Waals surface area contributed by atoms with Gasteiger partial charge in [-0.2, -0.15) is 0 Å². The molecular weight excluding hydrogens is 119 g/mol. The van der Waals surface area contributed by atoms with Gasteiger partial charge in [-0.3, -0.25) is 0 Å². The fourth-order valence-electron chi connectivity index (χ4n) is 0.515. The van der Waals surface area contributed by atoms with Crippen LogP contribution >= 0.6 is 0 Å². The Labute approximate surface area is 54.1 Å². The van der Waals surface area contributed by atoms with Crippen LogP contribution in [0.2, 0.25) is 0 Å². The maximum Gasteiger partial charge on any atom is 0.707 e. The topological polar surface area (TPSA) is 49.7 Å². The molecule has 0 aromatic heterocycles. The zero-order chi connectivity index (χ0) is 6.69. The van der Waals surface area contributed by atoms with Gasteiger partial charge in [-0.25, -0.2) is 0 Å². The van der Waals surface area contributed by atoms with Crippen molar-refractivity contribution in [3.8, 4) is 0 Å². The first-order valence-electron chi connectivity index (χ1n) is 2.97. The molecule has 9 heavy (non-hydrogen) atoms. The van der Waals surface area contributed by atoms with Crippen molar-refractivity contribution in [2.45, 2.75) is 12.8 Å². The van der Waals surface area contributed by atoms with Crippen LogP contribution in [0.1, 0.15) is 12.8 Å². The normalized spacial score (nSPS) is 18.4. The highest BCUT2D eigenvalue weighted by molar-refractivity contribution is 6.32. The Hall–Kier alpha value is -0.475. The fourth-order valence-corrected chi connectivity index (χ4v) is 0.515. The molecule has 0 radical (unpaired) electrons. The molecule has 1 aliphatic rings. The first-order chi connectivity index (χ1) is 4.29. The van der Waals surface area contributed by atoms with E-state index in [0.29, 0.717) is 5.92 Å². The van der Waals surface area contributed by atoms with E-state index in [2.05, 4.69) is 4.65 Å². The molecule has 1 saturated carbocycles. The van der Waals surface area contributed by atoms with Crippen molar-refractivity contribution in [1.82, 2.24) is 0 Å². The third kappa shape index (κ3) is 3.16. The van der Waals surface area contributed by atoms with Crippen molar-refractivity contribution in [1.29, 1.82) is 0 Å². The molecule has 2 N–H and O–H groups in total. The predicted molar refractivity (Wildman–Crippen MR) is 33.1 cm³/mol. The molecule has 1 fully saturated rings. The molecule has 4 heteroatoms. The molecule has 0 spiro atoms. The lowest BCUT2D eigenvalue weighted by Crippen LogP contribution is -2.12. The van der Waals surface area contributed by atoms with Gasteiger partial charge in [0, 0.05) is 0 Å². The van der Waals surface area contributed by atoms with Crippen molar-refractivity contribution >= 4 is 7.32 Å². The molecular formula is C5H9BO3. The summed E-state index contributed by atoms with van der Waals surface area (Å²) in [4.78, 5) is 0. The van der Waals surface area contributed by atoms with Crippen molar-refractivity contribution in [3.05, 3.63) is 12.3 Å². The van der Waals surface area contributed by atoms with Gasteiger partial charge in [-0.15, -0.1) is 0 Å². The summed E-state index contributed by atoms with van der Waals surface area (Å²) in [6, 6.07) is 0. The zero-order valence-corrected chi connectivity index (χ0v) is 5.03. The highest BCUT2D eigenvalue weighted by atomic mass is 16.6. The second kappa shape index (κ2) is 2.89. The van der Waals surface area contributed by atoms with Crippen LogP contribution in [0, 0.1) is 5.92 Å². The van der Waals surface area contributed by atoms with E-state index >= 15 is 0 Å². The number of allylic oxidation sites excluding steroid dienone is 1. The molecule has 0 bridgehead atoms. The van der Waals surface area contributed by atoms with E-state index in [9.17, 15) is 0 Å². The van der Waals surface area contributed by atoms with Crippen LogP contribution < -0.4 is 0 Å². The molecule has 1 rings (SSSR count). The summed E-state index contributed by atoms with van der Waals surface area (Å²) < 4.78 is 4.32. The van der Waals surface area contributed by atoms with Crippen LogP contribution in [0.4, 0.5) is 0 Å². The van der Waals surface area contributed by atoms with E-state index in [1.54, 1.807) is 0 Å². The highest BCUT2D eigenvalue weighted by Gasteiger charge is 2.17. The van der Waals surface area contributed by atoms with Crippen molar-refractivity contribution in [2.24, 2.45) is 5.92 Å². The third-order valence-electron chi connectivity index (χ3n) is 1.17. The van der Waals surface area contributed by atoms with Gasteiger partial charge in [0.15, 0.2) is 0 Å². The number of rotatable bonds is 3. The van der Waals surface area contributed by atoms with Gasteiger partial charge < -0.3 is 14.7 Å². The summed E-state index contributed by atoms with van der Waals surface area (Å²) in [5.74, 6) is 0.615. The van der Waals surface area contributed by atoms with E-state index in [-0.39, 0.29) is 0 Å². The number of hydrogen-bond acceptors (Lipinski definition) is 3. The largest absolute Gasteiger partial charge is 0.707 e. The lowest BCUT2D eigenvalue weighted by molar-refractivity contribution is 0.256. The van der Waals surface area contributed by atoms with Crippen LogP contribution in [0.5, 0.6) is 0 Å². The maximum absolute atomic E-state index is 8.17. The van der Waals surface area contributed by atoms with Gasteiger partial charge in [0.2, 0.25) is 0 Å². The van der Waals surface area contributed by atoms with Gasteiger partial charge in [-0.05, 0) is 24.8 Å². The Morgan fingerprint density at radius 1 is 1.44 bits per heavy atom. The van der Waals surface area contributed by atoms with Gasteiger partial charge in [-0.1, -0.05) is 0 Å². The molecule has 1 aliphatic carbocycles.